The van der Waals surface area contributed by atoms with E-state index in [0.717, 1.165) is 12.8 Å². The van der Waals surface area contributed by atoms with Crippen molar-refractivity contribution in [3.63, 3.8) is 0 Å². The highest BCUT2D eigenvalue weighted by Crippen LogP contribution is 2.38. The number of ether oxygens (including phenoxy) is 2. The van der Waals surface area contributed by atoms with Gasteiger partial charge in [0.2, 0.25) is 5.79 Å². The summed E-state index contributed by atoms with van der Waals surface area (Å²) in [4.78, 5) is 11.5. The zero-order valence-corrected chi connectivity index (χ0v) is 11.7. The number of phenols is 1. The molecule has 1 heterocycles. The molecule has 0 radical (unpaired) electrons. The van der Waals surface area contributed by atoms with Crippen molar-refractivity contribution in [2.24, 2.45) is 0 Å². The lowest BCUT2D eigenvalue weighted by molar-refractivity contribution is 0.0788. The Morgan fingerprint density at radius 2 is 2.21 bits per heavy atom. The molecule has 4 heteroatoms. The van der Waals surface area contributed by atoms with Crippen LogP contribution in [0.25, 0.3) is 0 Å². The smallest absolute Gasteiger partial charge is 0.231 e. The Balaban J connectivity index is 2.35. The van der Waals surface area contributed by atoms with Gasteiger partial charge in [-0.2, -0.15) is 0 Å². The van der Waals surface area contributed by atoms with Gasteiger partial charge in [0.05, 0.1) is 5.56 Å². The molecule has 1 unspecified atom stereocenters. The lowest BCUT2D eigenvalue weighted by Crippen LogP contribution is -2.16. The van der Waals surface area contributed by atoms with Gasteiger partial charge in [0, 0.05) is 12.5 Å². The highest BCUT2D eigenvalue weighted by atomic mass is 16.8. The largest absolute Gasteiger partial charge is 0.507 e. The normalized spacial score (nSPS) is 21.2. The van der Waals surface area contributed by atoms with Crippen molar-refractivity contribution < 1.29 is 19.4 Å². The van der Waals surface area contributed by atoms with Gasteiger partial charge in [0.15, 0.2) is 5.78 Å². The predicted molar refractivity (Wildman–Crippen MR) is 71.7 cm³/mol. The van der Waals surface area contributed by atoms with Gasteiger partial charge < -0.3 is 14.6 Å². The molecular formula is C15H20O4. The van der Waals surface area contributed by atoms with E-state index in [4.69, 9.17) is 9.47 Å². The van der Waals surface area contributed by atoms with Gasteiger partial charge in [-0.15, -0.1) is 0 Å². The standard InChI is InChI=1S/C15H20O4/c1-4-5-6-12-13(19-15(3)9-18-15)8-7-11(10(2)16)14(12)17/h7-8,17H,4-6,9H2,1-3H3. The second kappa shape index (κ2) is 5.21. The summed E-state index contributed by atoms with van der Waals surface area (Å²) in [6.07, 6.45) is 2.63. The molecular weight excluding hydrogens is 244 g/mol. The summed E-state index contributed by atoms with van der Waals surface area (Å²) in [5, 5.41) is 10.2. The Morgan fingerprint density at radius 1 is 1.53 bits per heavy atom. The molecule has 1 fully saturated rings. The molecule has 1 aromatic carbocycles. The Morgan fingerprint density at radius 3 is 2.74 bits per heavy atom. The molecule has 0 amide bonds. The molecule has 19 heavy (non-hydrogen) atoms. The fourth-order valence-electron chi connectivity index (χ4n) is 1.99. The number of phenolic OH excluding ortho intramolecular Hbond substituents is 1. The number of unbranched alkanes of at least 4 members (excludes halogenated alkanes) is 1. The number of rotatable bonds is 6. The summed E-state index contributed by atoms with van der Waals surface area (Å²) in [6, 6.07) is 3.35. The van der Waals surface area contributed by atoms with Gasteiger partial charge >= 0.3 is 0 Å². The molecule has 4 nitrogen and oxygen atoms in total. The SMILES string of the molecule is CCCCc1c(OC2(C)CO2)ccc(C(C)=O)c1O. The first-order valence-corrected chi connectivity index (χ1v) is 6.65. The monoisotopic (exact) mass is 264 g/mol. The molecule has 0 spiro atoms. The third-order valence-electron chi connectivity index (χ3n) is 3.28. The summed E-state index contributed by atoms with van der Waals surface area (Å²) in [6.45, 7) is 5.93. The van der Waals surface area contributed by atoms with Crippen LogP contribution in [0.5, 0.6) is 11.5 Å². The maximum absolute atomic E-state index is 11.5. The van der Waals surface area contributed by atoms with Crippen LogP contribution in [-0.2, 0) is 11.2 Å². The van der Waals surface area contributed by atoms with Crippen molar-refractivity contribution in [3.05, 3.63) is 23.3 Å². The molecule has 1 N–H and O–H groups in total. The van der Waals surface area contributed by atoms with E-state index in [-0.39, 0.29) is 11.5 Å². The van der Waals surface area contributed by atoms with Crippen molar-refractivity contribution in [2.75, 3.05) is 6.61 Å². The summed E-state index contributed by atoms with van der Waals surface area (Å²) in [5.41, 5.74) is 1.05. The van der Waals surface area contributed by atoms with Crippen LogP contribution in [0.3, 0.4) is 0 Å². The van der Waals surface area contributed by atoms with Gasteiger partial charge in [-0.05, 0) is 31.9 Å². The van der Waals surface area contributed by atoms with Crippen LogP contribution in [0.2, 0.25) is 0 Å². The summed E-state index contributed by atoms with van der Waals surface area (Å²) < 4.78 is 11.0. The maximum atomic E-state index is 11.5. The number of carbonyl (C=O) groups excluding carboxylic acids is 1. The second-order valence-electron chi connectivity index (χ2n) is 5.12. The zero-order chi connectivity index (χ0) is 14.0. The lowest BCUT2D eigenvalue weighted by Gasteiger charge is -2.16. The topological polar surface area (TPSA) is 59.1 Å². The number of aromatic hydroxyl groups is 1. The van der Waals surface area contributed by atoms with E-state index >= 15 is 0 Å². The lowest BCUT2D eigenvalue weighted by atomic mass is 10.0. The average molecular weight is 264 g/mol. The molecule has 0 saturated carbocycles. The average Bonchev–Trinajstić information content (AvgIpc) is 3.06. The van der Waals surface area contributed by atoms with Gasteiger partial charge in [-0.3, -0.25) is 4.79 Å². The van der Waals surface area contributed by atoms with E-state index in [1.54, 1.807) is 12.1 Å². The molecule has 1 aromatic rings. The number of ketones is 1. The van der Waals surface area contributed by atoms with Crippen molar-refractivity contribution in [2.45, 2.75) is 45.8 Å². The Labute approximate surface area is 113 Å². The van der Waals surface area contributed by atoms with Crippen molar-refractivity contribution in [1.82, 2.24) is 0 Å². The maximum Gasteiger partial charge on any atom is 0.231 e. The summed E-state index contributed by atoms with van der Waals surface area (Å²) in [5.74, 6) is -0.0696. The van der Waals surface area contributed by atoms with Crippen LogP contribution in [0.15, 0.2) is 12.1 Å². The molecule has 1 atom stereocenters. The second-order valence-corrected chi connectivity index (χ2v) is 5.12. The number of hydrogen-bond donors (Lipinski definition) is 1. The van der Waals surface area contributed by atoms with Gasteiger partial charge in [0.1, 0.15) is 18.1 Å². The fraction of sp³-hybridized carbons (Fsp3) is 0.533. The number of hydrogen-bond acceptors (Lipinski definition) is 4. The quantitative estimate of drug-likeness (QED) is 0.633. The van der Waals surface area contributed by atoms with Crippen LogP contribution in [0.4, 0.5) is 0 Å². The first-order valence-electron chi connectivity index (χ1n) is 6.65. The van der Waals surface area contributed by atoms with Crippen molar-refractivity contribution >= 4 is 5.78 Å². The molecule has 104 valence electrons. The van der Waals surface area contributed by atoms with Crippen LogP contribution < -0.4 is 4.74 Å². The van der Waals surface area contributed by atoms with E-state index < -0.39 is 5.79 Å². The fourth-order valence-corrected chi connectivity index (χ4v) is 1.99. The number of carbonyl (C=O) groups is 1. The molecule has 1 saturated heterocycles. The number of epoxide rings is 1. The third kappa shape index (κ3) is 3.07. The summed E-state index contributed by atoms with van der Waals surface area (Å²) in [7, 11) is 0. The van der Waals surface area contributed by atoms with Crippen LogP contribution in [0.1, 0.15) is 49.5 Å². The van der Waals surface area contributed by atoms with Crippen molar-refractivity contribution in [3.8, 4) is 11.5 Å². The minimum atomic E-state index is -0.578. The van der Waals surface area contributed by atoms with Crippen LogP contribution in [0, 0.1) is 0 Å². The molecule has 2 rings (SSSR count). The highest BCUT2D eigenvalue weighted by molar-refractivity contribution is 5.97. The molecule has 1 aliphatic heterocycles. The minimum absolute atomic E-state index is 0.0442. The van der Waals surface area contributed by atoms with Crippen molar-refractivity contribution in [1.29, 1.82) is 0 Å². The summed E-state index contributed by atoms with van der Waals surface area (Å²) >= 11 is 0. The van der Waals surface area contributed by atoms with Crippen LogP contribution in [-0.4, -0.2) is 23.3 Å². The Bertz CT molecular complexity index is 489. The highest BCUT2D eigenvalue weighted by Gasteiger charge is 2.43. The van der Waals surface area contributed by atoms with Crippen LogP contribution >= 0.6 is 0 Å². The molecule has 0 bridgehead atoms. The molecule has 0 aliphatic carbocycles. The van der Waals surface area contributed by atoms with E-state index in [2.05, 4.69) is 6.92 Å². The Kier molecular flexibility index (Phi) is 3.80. The molecule has 1 aliphatic rings. The van der Waals surface area contributed by atoms with Gasteiger partial charge in [0.25, 0.3) is 0 Å². The van der Waals surface area contributed by atoms with E-state index in [9.17, 15) is 9.90 Å². The number of benzene rings is 1. The van der Waals surface area contributed by atoms with Gasteiger partial charge in [-0.25, -0.2) is 0 Å². The third-order valence-corrected chi connectivity index (χ3v) is 3.28. The zero-order valence-electron chi connectivity index (χ0n) is 11.7. The Hall–Kier alpha value is -1.55. The molecule has 0 aromatic heterocycles. The number of Topliss-reactive ketones (excluding diaryl/α,β-unsaturated/α-hetero) is 1. The van der Waals surface area contributed by atoms with Gasteiger partial charge in [-0.1, -0.05) is 13.3 Å². The van der Waals surface area contributed by atoms with E-state index in [0.29, 0.717) is 29.9 Å². The predicted octanol–water partition coefficient (Wildman–Crippen LogP) is 3.06. The van der Waals surface area contributed by atoms with E-state index in [1.807, 2.05) is 6.92 Å². The first-order chi connectivity index (χ1) is 8.97. The minimum Gasteiger partial charge on any atom is -0.507 e. The first kappa shape index (κ1) is 13.9. The van der Waals surface area contributed by atoms with E-state index in [1.165, 1.54) is 6.92 Å².